The smallest absolute Gasteiger partial charge is 0.238 e. The predicted octanol–water partition coefficient (Wildman–Crippen LogP) is 0.203. The van der Waals surface area contributed by atoms with Gasteiger partial charge in [-0.2, -0.15) is 0 Å². The fraction of sp³-hybridized carbons (Fsp3) is 0.889. The van der Waals surface area contributed by atoms with Crippen molar-refractivity contribution in [1.82, 2.24) is 10.0 Å². The summed E-state index contributed by atoms with van der Waals surface area (Å²) in [5.41, 5.74) is 0. The van der Waals surface area contributed by atoms with Crippen molar-refractivity contribution in [2.24, 2.45) is 0 Å². The Kier molecular flexibility index (Phi) is 5.51. The van der Waals surface area contributed by atoms with Crippen LogP contribution in [0.3, 0.4) is 0 Å². The fourth-order valence-electron chi connectivity index (χ4n) is 1.55. The normalized spacial score (nSPS) is 21.8. The summed E-state index contributed by atoms with van der Waals surface area (Å²) in [5, 5.41) is 2.63. The first-order valence-electron chi connectivity index (χ1n) is 5.39. The van der Waals surface area contributed by atoms with E-state index >= 15 is 0 Å². The van der Waals surface area contributed by atoms with E-state index < -0.39 is 16.1 Å². The Hall–Kier alpha value is -0.330. The summed E-state index contributed by atoms with van der Waals surface area (Å²) in [6.45, 7) is 0.628. The molecule has 0 saturated carbocycles. The van der Waals surface area contributed by atoms with Crippen LogP contribution < -0.4 is 10.0 Å². The van der Waals surface area contributed by atoms with E-state index in [2.05, 4.69) is 10.0 Å². The van der Waals surface area contributed by atoms with Gasteiger partial charge >= 0.3 is 0 Å². The summed E-state index contributed by atoms with van der Waals surface area (Å²) >= 11 is 5.47. The highest BCUT2D eigenvalue weighted by atomic mass is 35.5. The first-order valence-corrected chi connectivity index (χ1v) is 7.57. The number of piperidine rings is 1. The Bertz CT molecular complexity index is 332. The molecule has 1 fully saturated rings. The summed E-state index contributed by atoms with van der Waals surface area (Å²) < 4.78 is 25.6. The zero-order valence-electron chi connectivity index (χ0n) is 9.04. The molecule has 1 atom stereocenters. The Balaban J connectivity index is 2.41. The van der Waals surface area contributed by atoms with Crippen LogP contribution in [0.4, 0.5) is 0 Å². The van der Waals surface area contributed by atoms with Crippen LogP contribution in [-0.4, -0.2) is 38.5 Å². The van der Waals surface area contributed by atoms with Gasteiger partial charge in [-0.05, 0) is 25.7 Å². The van der Waals surface area contributed by atoms with Gasteiger partial charge in [0.05, 0.1) is 5.75 Å². The van der Waals surface area contributed by atoms with Crippen LogP contribution >= 0.6 is 11.6 Å². The van der Waals surface area contributed by atoms with Crippen LogP contribution in [0.2, 0.25) is 0 Å². The molecule has 16 heavy (non-hydrogen) atoms. The Morgan fingerprint density at radius 1 is 1.44 bits per heavy atom. The van der Waals surface area contributed by atoms with Crippen LogP contribution in [-0.2, 0) is 14.8 Å². The third-order valence-electron chi connectivity index (χ3n) is 2.40. The monoisotopic (exact) mass is 268 g/mol. The van der Waals surface area contributed by atoms with E-state index in [4.69, 9.17) is 11.6 Å². The average molecular weight is 269 g/mol. The lowest BCUT2D eigenvalue weighted by Gasteiger charge is -2.22. The van der Waals surface area contributed by atoms with Gasteiger partial charge in [0.2, 0.25) is 15.9 Å². The first-order chi connectivity index (χ1) is 7.55. The molecule has 0 aromatic rings. The number of unbranched alkanes of at least 4 members (excludes halogenated alkanes) is 1. The average Bonchev–Trinajstić information content (AvgIpc) is 2.21. The summed E-state index contributed by atoms with van der Waals surface area (Å²) in [5.74, 6) is 0.260. The first kappa shape index (κ1) is 13.7. The molecule has 0 aliphatic carbocycles. The lowest BCUT2D eigenvalue weighted by molar-refractivity contribution is -0.124. The zero-order valence-corrected chi connectivity index (χ0v) is 10.6. The van der Waals surface area contributed by atoms with Gasteiger partial charge < -0.3 is 5.32 Å². The standard InChI is InChI=1S/C9H17ClN2O3S/c10-5-1-2-7-16(14,15)12-8-4-3-6-11-9(8)13/h8,12H,1-7H2,(H,11,13). The van der Waals surface area contributed by atoms with Gasteiger partial charge in [0.1, 0.15) is 6.04 Å². The lowest BCUT2D eigenvalue weighted by atomic mass is 10.1. The molecule has 94 valence electrons. The molecule has 1 aliphatic heterocycles. The summed E-state index contributed by atoms with van der Waals surface area (Å²) in [4.78, 5) is 11.3. The van der Waals surface area contributed by atoms with E-state index in [1.54, 1.807) is 0 Å². The molecule has 0 aromatic carbocycles. The van der Waals surface area contributed by atoms with Gasteiger partial charge in [0.15, 0.2) is 0 Å². The van der Waals surface area contributed by atoms with Crippen molar-refractivity contribution in [2.75, 3.05) is 18.2 Å². The van der Waals surface area contributed by atoms with Gasteiger partial charge in [-0.1, -0.05) is 0 Å². The molecule has 2 N–H and O–H groups in total. The molecule has 1 heterocycles. The molecule has 1 saturated heterocycles. The van der Waals surface area contributed by atoms with Crippen molar-refractivity contribution in [3.63, 3.8) is 0 Å². The minimum Gasteiger partial charge on any atom is -0.355 e. The number of halogens is 1. The van der Waals surface area contributed by atoms with Crippen molar-refractivity contribution >= 4 is 27.5 Å². The number of nitrogens with one attached hydrogen (secondary N) is 2. The van der Waals surface area contributed by atoms with Crippen molar-refractivity contribution in [3.8, 4) is 0 Å². The summed E-state index contributed by atoms with van der Waals surface area (Å²) in [6, 6.07) is -0.602. The fourth-order valence-corrected chi connectivity index (χ4v) is 3.10. The third-order valence-corrected chi connectivity index (χ3v) is 4.14. The van der Waals surface area contributed by atoms with E-state index in [9.17, 15) is 13.2 Å². The van der Waals surface area contributed by atoms with Crippen molar-refractivity contribution in [1.29, 1.82) is 0 Å². The van der Waals surface area contributed by atoms with Crippen LogP contribution in [0.25, 0.3) is 0 Å². The number of alkyl halides is 1. The molecule has 1 aliphatic rings. The van der Waals surface area contributed by atoms with Crippen LogP contribution in [0.5, 0.6) is 0 Å². The molecule has 5 nitrogen and oxygen atoms in total. The minimum absolute atomic E-state index is 0.0312. The maximum absolute atomic E-state index is 11.6. The number of hydrogen-bond acceptors (Lipinski definition) is 3. The van der Waals surface area contributed by atoms with Crippen molar-refractivity contribution in [2.45, 2.75) is 31.7 Å². The highest BCUT2D eigenvalue weighted by molar-refractivity contribution is 7.89. The third kappa shape index (κ3) is 4.67. The number of hydrogen-bond donors (Lipinski definition) is 2. The maximum Gasteiger partial charge on any atom is 0.238 e. The lowest BCUT2D eigenvalue weighted by Crippen LogP contribution is -2.50. The van der Waals surface area contributed by atoms with Crippen molar-refractivity contribution < 1.29 is 13.2 Å². The molecule has 0 spiro atoms. The summed E-state index contributed by atoms with van der Waals surface area (Å²) in [6.07, 6.45) is 2.56. The molecule has 7 heteroatoms. The van der Waals surface area contributed by atoms with Crippen LogP contribution in [0.1, 0.15) is 25.7 Å². The molecule has 0 aromatic heterocycles. The second kappa shape index (κ2) is 6.42. The van der Waals surface area contributed by atoms with Gasteiger partial charge in [-0.3, -0.25) is 4.79 Å². The molecular formula is C9H17ClN2O3S. The van der Waals surface area contributed by atoms with E-state index in [0.717, 1.165) is 6.42 Å². The largest absolute Gasteiger partial charge is 0.355 e. The van der Waals surface area contributed by atoms with Gasteiger partial charge in [0.25, 0.3) is 0 Å². The Morgan fingerprint density at radius 2 is 2.19 bits per heavy atom. The molecule has 1 rings (SSSR count). The second-order valence-corrected chi connectivity index (χ2v) is 6.07. The quantitative estimate of drug-likeness (QED) is 0.534. The van der Waals surface area contributed by atoms with Crippen LogP contribution in [0.15, 0.2) is 0 Å². The van der Waals surface area contributed by atoms with Crippen molar-refractivity contribution in [3.05, 3.63) is 0 Å². The Morgan fingerprint density at radius 3 is 2.81 bits per heavy atom. The van der Waals surface area contributed by atoms with E-state index in [-0.39, 0.29) is 11.7 Å². The van der Waals surface area contributed by atoms with E-state index in [1.165, 1.54) is 0 Å². The topological polar surface area (TPSA) is 75.3 Å². The second-order valence-electron chi connectivity index (χ2n) is 3.82. The van der Waals surface area contributed by atoms with E-state index in [0.29, 0.717) is 31.7 Å². The highest BCUT2D eigenvalue weighted by Gasteiger charge is 2.26. The zero-order chi connectivity index (χ0) is 12.0. The summed E-state index contributed by atoms with van der Waals surface area (Å²) in [7, 11) is -3.36. The van der Waals surface area contributed by atoms with Gasteiger partial charge in [-0.15, -0.1) is 11.6 Å². The number of amides is 1. The van der Waals surface area contributed by atoms with Gasteiger partial charge in [0, 0.05) is 12.4 Å². The molecular weight excluding hydrogens is 252 g/mol. The predicted molar refractivity (Wildman–Crippen MR) is 62.9 cm³/mol. The number of sulfonamides is 1. The van der Waals surface area contributed by atoms with E-state index in [1.807, 2.05) is 0 Å². The Labute approximate surface area is 101 Å². The molecule has 1 unspecified atom stereocenters. The minimum atomic E-state index is -3.36. The van der Waals surface area contributed by atoms with Gasteiger partial charge in [-0.25, -0.2) is 13.1 Å². The molecule has 0 bridgehead atoms. The highest BCUT2D eigenvalue weighted by Crippen LogP contribution is 2.05. The molecule has 0 radical (unpaired) electrons. The van der Waals surface area contributed by atoms with Crippen LogP contribution in [0, 0.1) is 0 Å². The molecule has 1 amide bonds. The maximum atomic E-state index is 11.6. The number of carbonyl (C=O) groups excluding carboxylic acids is 1. The number of rotatable bonds is 6. The number of carbonyl (C=O) groups is 1. The SMILES string of the molecule is O=C1NCCCC1NS(=O)(=O)CCCCCl.